The van der Waals surface area contributed by atoms with Gasteiger partial charge < -0.3 is 5.11 Å². The second-order valence-corrected chi connectivity index (χ2v) is 5.54. The molecule has 1 nitrogen and oxygen atoms in total. The first-order valence-electron chi connectivity index (χ1n) is 7.10. The average molecular weight is 246 g/mol. The van der Waals surface area contributed by atoms with Crippen molar-refractivity contribution in [2.45, 2.75) is 82.8 Å². The highest BCUT2D eigenvalue weighted by Crippen LogP contribution is 2.13. The number of hydrogen-bond acceptors (Lipinski definition) is 2. The van der Waals surface area contributed by atoms with E-state index >= 15 is 0 Å². The van der Waals surface area contributed by atoms with Crippen molar-refractivity contribution in [2.75, 3.05) is 6.61 Å². The van der Waals surface area contributed by atoms with E-state index in [0.717, 1.165) is 6.42 Å². The predicted molar refractivity (Wildman–Crippen MR) is 76.3 cm³/mol. The summed E-state index contributed by atoms with van der Waals surface area (Å²) >= 11 is 4.27. The van der Waals surface area contributed by atoms with Gasteiger partial charge in [-0.25, -0.2) is 0 Å². The fourth-order valence-electron chi connectivity index (χ4n) is 1.96. The van der Waals surface area contributed by atoms with Gasteiger partial charge in [0.2, 0.25) is 0 Å². The molecule has 16 heavy (non-hydrogen) atoms. The van der Waals surface area contributed by atoms with E-state index in [1.807, 2.05) is 0 Å². The van der Waals surface area contributed by atoms with Gasteiger partial charge in [0.1, 0.15) is 0 Å². The molecular weight excluding hydrogens is 216 g/mol. The maximum Gasteiger partial charge on any atom is 0.0547 e. The van der Waals surface area contributed by atoms with Gasteiger partial charge in [-0.1, -0.05) is 71.1 Å². The lowest BCUT2D eigenvalue weighted by molar-refractivity contribution is 0.289. The standard InChI is InChI=1S/C14H30OS/c1-2-3-4-5-6-7-8-9-10-11-12-14(16)13-15/h14-16H,2-13H2,1H3. The van der Waals surface area contributed by atoms with Crippen LogP contribution in [0.25, 0.3) is 0 Å². The Morgan fingerprint density at radius 1 is 0.812 bits per heavy atom. The Hall–Kier alpha value is 0.310. The van der Waals surface area contributed by atoms with E-state index in [1.54, 1.807) is 0 Å². The normalized spacial score (nSPS) is 12.9. The summed E-state index contributed by atoms with van der Waals surface area (Å²) in [7, 11) is 0. The van der Waals surface area contributed by atoms with E-state index < -0.39 is 0 Å². The molecule has 0 aromatic rings. The second kappa shape index (κ2) is 13.4. The molecule has 0 radical (unpaired) electrons. The molecule has 0 fully saturated rings. The summed E-state index contributed by atoms with van der Waals surface area (Å²) in [6.07, 6.45) is 14.8. The summed E-state index contributed by atoms with van der Waals surface area (Å²) in [4.78, 5) is 0. The van der Waals surface area contributed by atoms with Gasteiger partial charge >= 0.3 is 0 Å². The first kappa shape index (κ1) is 16.3. The van der Waals surface area contributed by atoms with Crippen LogP contribution in [0.3, 0.4) is 0 Å². The van der Waals surface area contributed by atoms with Crippen LogP contribution in [0, 0.1) is 0 Å². The molecule has 2 heteroatoms. The second-order valence-electron chi connectivity index (χ2n) is 4.81. The monoisotopic (exact) mass is 246 g/mol. The molecule has 0 heterocycles. The van der Waals surface area contributed by atoms with Crippen molar-refractivity contribution < 1.29 is 5.11 Å². The zero-order valence-corrected chi connectivity index (χ0v) is 11.9. The smallest absolute Gasteiger partial charge is 0.0547 e. The van der Waals surface area contributed by atoms with Crippen molar-refractivity contribution in [2.24, 2.45) is 0 Å². The van der Waals surface area contributed by atoms with E-state index in [2.05, 4.69) is 19.6 Å². The fraction of sp³-hybridized carbons (Fsp3) is 1.00. The van der Waals surface area contributed by atoms with Gasteiger partial charge in [0.05, 0.1) is 6.61 Å². The van der Waals surface area contributed by atoms with Crippen LogP contribution in [0.1, 0.15) is 77.6 Å². The number of thiol groups is 1. The zero-order valence-electron chi connectivity index (χ0n) is 11.0. The van der Waals surface area contributed by atoms with E-state index in [4.69, 9.17) is 5.11 Å². The Bertz CT molecular complexity index is 128. The lowest BCUT2D eigenvalue weighted by Gasteiger charge is -2.06. The highest BCUT2D eigenvalue weighted by Gasteiger charge is 1.99. The Balaban J connectivity index is 2.93. The van der Waals surface area contributed by atoms with Crippen LogP contribution in [0.4, 0.5) is 0 Å². The minimum absolute atomic E-state index is 0.203. The van der Waals surface area contributed by atoms with Gasteiger partial charge in [0.15, 0.2) is 0 Å². The first-order chi connectivity index (χ1) is 7.81. The average Bonchev–Trinajstić information content (AvgIpc) is 2.31. The van der Waals surface area contributed by atoms with Crippen molar-refractivity contribution in [3.8, 4) is 0 Å². The molecule has 0 aromatic heterocycles. The van der Waals surface area contributed by atoms with Gasteiger partial charge in [-0.2, -0.15) is 12.6 Å². The van der Waals surface area contributed by atoms with Crippen molar-refractivity contribution >= 4 is 12.6 Å². The van der Waals surface area contributed by atoms with Gasteiger partial charge in [0, 0.05) is 5.25 Å². The van der Waals surface area contributed by atoms with E-state index in [9.17, 15) is 0 Å². The van der Waals surface area contributed by atoms with Crippen LogP contribution in [-0.4, -0.2) is 17.0 Å². The molecule has 1 N–H and O–H groups in total. The summed E-state index contributed by atoms with van der Waals surface area (Å²) in [6, 6.07) is 0. The molecule has 0 spiro atoms. The van der Waals surface area contributed by atoms with Crippen LogP contribution in [0.5, 0.6) is 0 Å². The minimum atomic E-state index is 0.203. The number of aliphatic hydroxyl groups is 1. The number of aliphatic hydroxyl groups excluding tert-OH is 1. The molecular formula is C14H30OS. The summed E-state index contributed by atoms with van der Waals surface area (Å²) in [5, 5.41) is 9.00. The van der Waals surface area contributed by atoms with Gasteiger partial charge in [0.25, 0.3) is 0 Å². The van der Waals surface area contributed by atoms with Crippen LogP contribution < -0.4 is 0 Å². The molecule has 0 aliphatic rings. The highest BCUT2D eigenvalue weighted by molar-refractivity contribution is 7.81. The number of rotatable bonds is 12. The zero-order chi connectivity index (χ0) is 12.1. The third-order valence-electron chi connectivity index (χ3n) is 3.10. The molecule has 0 rings (SSSR count). The van der Waals surface area contributed by atoms with Gasteiger partial charge in [-0.05, 0) is 6.42 Å². The Kier molecular flexibility index (Phi) is 13.6. The largest absolute Gasteiger partial charge is 0.395 e. The van der Waals surface area contributed by atoms with E-state index in [-0.39, 0.29) is 11.9 Å². The topological polar surface area (TPSA) is 20.2 Å². The fourth-order valence-corrected chi connectivity index (χ4v) is 2.14. The minimum Gasteiger partial charge on any atom is -0.395 e. The molecule has 0 aliphatic heterocycles. The van der Waals surface area contributed by atoms with Crippen molar-refractivity contribution in [1.82, 2.24) is 0 Å². The van der Waals surface area contributed by atoms with Crippen LogP contribution in [0.15, 0.2) is 0 Å². The molecule has 0 saturated heterocycles. The third kappa shape index (κ3) is 12.4. The van der Waals surface area contributed by atoms with Crippen molar-refractivity contribution in [3.05, 3.63) is 0 Å². The Labute approximate surface area is 107 Å². The summed E-state index contributed by atoms with van der Waals surface area (Å²) in [6.45, 7) is 2.49. The molecule has 0 aromatic carbocycles. The summed E-state index contributed by atoms with van der Waals surface area (Å²) in [5.74, 6) is 0. The molecule has 0 bridgehead atoms. The van der Waals surface area contributed by atoms with Crippen LogP contribution in [-0.2, 0) is 0 Å². The Morgan fingerprint density at radius 2 is 1.25 bits per heavy atom. The Morgan fingerprint density at radius 3 is 1.69 bits per heavy atom. The van der Waals surface area contributed by atoms with Crippen LogP contribution in [0.2, 0.25) is 0 Å². The van der Waals surface area contributed by atoms with Gasteiger partial charge in [-0.3, -0.25) is 0 Å². The molecule has 1 unspecified atom stereocenters. The van der Waals surface area contributed by atoms with Crippen LogP contribution >= 0.6 is 12.6 Å². The maximum absolute atomic E-state index is 8.80. The van der Waals surface area contributed by atoms with Gasteiger partial charge in [-0.15, -0.1) is 0 Å². The molecule has 0 saturated carbocycles. The predicted octanol–water partition coefficient (Wildman–Crippen LogP) is 4.59. The lowest BCUT2D eigenvalue weighted by Crippen LogP contribution is -2.03. The summed E-state index contributed by atoms with van der Waals surface area (Å²) in [5.41, 5.74) is 0. The highest BCUT2D eigenvalue weighted by atomic mass is 32.1. The number of unbranched alkanes of at least 4 members (excludes halogenated alkanes) is 9. The third-order valence-corrected chi connectivity index (χ3v) is 3.52. The van der Waals surface area contributed by atoms with E-state index in [0.29, 0.717) is 0 Å². The summed E-state index contributed by atoms with van der Waals surface area (Å²) < 4.78 is 0. The number of hydrogen-bond donors (Lipinski definition) is 2. The molecule has 0 aliphatic carbocycles. The first-order valence-corrected chi connectivity index (χ1v) is 7.61. The van der Waals surface area contributed by atoms with Crippen molar-refractivity contribution in [1.29, 1.82) is 0 Å². The van der Waals surface area contributed by atoms with Crippen molar-refractivity contribution in [3.63, 3.8) is 0 Å². The maximum atomic E-state index is 8.80. The molecule has 98 valence electrons. The SMILES string of the molecule is CCCCCCCCCCCCC(S)CO. The molecule has 0 amide bonds. The quantitative estimate of drug-likeness (QED) is 0.381. The molecule has 1 atom stereocenters. The van der Waals surface area contributed by atoms with E-state index in [1.165, 1.54) is 64.2 Å². The lowest BCUT2D eigenvalue weighted by atomic mass is 10.1.